The number of thioether (sulfide) groups is 1. The molecule has 8 heteroatoms. The Morgan fingerprint density at radius 2 is 2.00 bits per heavy atom. The first kappa shape index (κ1) is 17.3. The van der Waals surface area contributed by atoms with Gasteiger partial charge in [-0.2, -0.15) is 9.61 Å². The van der Waals surface area contributed by atoms with E-state index in [4.69, 9.17) is 4.42 Å². The number of fused-ring (bicyclic) bond motifs is 1. The quantitative estimate of drug-likeness (QED) is 0.515. The molecule has 136 valence electrons. The van der Waals surface area contributed by atoms with Crippen molar-refractivity contribution in [2.24, 2.45) is 0 Å². The number of nitrogens with zero attached hydrogens (tertiary/aromatic N) is 4. The molecule has 0 bridgehead atoms. The van der Waals surface area contributed by atoms with E-state index in [0.29, 0.717) is 22.3 Å². The van der Waals surface area contributed by atoms with E-state index in [-0.39, 0.29) is 11.7 Å². The van der Waals surface area contributed by atoms with Crippen LogP contribution in [0.3, 0.4) is 0 Å². The van der Waals surface area contributed by atoms with Gasteiger partial charge in [-0.1, -0.05) is 30.8 Å². The maximum atomic E-state index is 12.2. The van der Waals surface area contributed by atoms with Gasteiger partial charge >= 0.3 is 0 Å². The van der Waals surface area contributed by atoms with Crippen molar-refractivity contribution < 1.29 is 9.21 Å². The lowest BCUT2D eigenvalue weighted by Crippen LogP contribution is -2.14. The van der Waals surface area contributed by atoms with Gasteiger partial charge in [0.1, 0.15) is 5.69 Å². The zero-order valence-corrected chi connectivity index (χ0v) is 15.4. The predicted molar refractivity (Wildman–Crippen MR) is 104 cm³/mol. The predicted octanol–water partition coefficient (Wildman–Crippen LogP) is 3.68. The molecule has 4 aromatic rings. The monoisotopic (exact) mass is 379 g/mol. The number of carbonyl (C=O) groups is 1. The van der Waals surface area contributed by atoms with E-state index >= 15 is 0 Å². The third-order valence-corrected chi connectivity index (χ3v) is 4.91. The number of furan rings is 1. The van der Waals surface area contributed by atoms with E-state index in [1.807, 2.05) is 42.5 Å². The molecule has 0 aliphatic heterocycles. The Hall–Kier alpha value is -3.13. The molecule has 0 fully saturated rings. The van der Waals surface area contributed by atoms with Crippen LogP contribution in [0.5, 0.6) is 0 Å². The zero-order valence-electron chi connectivity index (χ0n) is 14.6. The SMILES string of the molecule is CCc1ccc(NC(=O)CSc2nnc3ccc(-c4ccco4)nn23)cc1. The Balaban J connectivity index is 1.45. The van der Waals surface area contributed by atoms with Crippen molar-refractivity contribution in [2.45, 2.75) is 18.5 Å². The van der Waals surface area contributed by atoms with Crippen LogP contribution in [-0.4, -0.2) is 31.5 Å². The lowest BCUT2D eigenvalue weighted by molar-refractivity contribution is -0.113. The number of anilines is 1. The van der Waals surface area contributed by atoms with Gasteiger partial charge in [0.2, 0.25) is 11.1 Å². The molecule has 27 heavy (non-hydrogen) atoms. The number of rotatable bonds is 6. The summed E-state index contributed by atoms with van der Waals surface area (Å²) in [5.74, 6) is 0.765. The van der Waals surface area contributed by atoms with Gasteiger partial charge in [0.25, 0.3) is 0 Å². The number of benzene rings is 1. The summed E-state index contributed by atoms with van der Waals surface area (Å²) < 4.78 is 7.00. The first-order chi connectivity index (χ1) is 13.2. The van der Waals surface area contributed by atoms with E-state index < -0.39 is 0 Å². The highest BCUT2D eigenvalue weighted by Gasteiger charge is 2.12. The summed E-state index contributed by atoms with van der Waals surface area (Å²) in [6.45, 7) is 2.10. The van der Waals surface area contributed by atoms with Crippen LogP contribution in [0.4, 0.5) is 5.69 Å². The summed E-state index contributed by atoms with van der Waals surface area (Å²) >= 11 is 1.28. The third-order valence-electron chi connectivity index (χ3n) is 3.99. The number of aryl methyl sites for hydroxylation is 1. The highest BCUT2D eigenvalue weighted by atomic mass is 32.2. The molecule has 0 radical (unpaired) electrons. The number of carbonyl (C=O) groups excluding carboxylic acids is 1. The standard InChI is InChI=1S/C19H17N5O2S/c1-2-13-5-7-14(8-6-13)20-18(25)12-27-19-22-21-17-10-9-15(23-24(17)19)16-4-3-11-26-16/h3-11H,2,12H2,1H3,(H,20,25). The van der Waals surface area contributed by atoms with Gasteiger partial charge in [-0.05, 0) is 48.4 Å². The van der Waals surface area contributed by atoms with Gasteiger partial charge in [-0.15, -0.1) is 10.2 Å². The van der Waals surface area contributed by atoms with Crippen molar-refractivity contribution in [3.8, 4) is 11.5 Å². The highest BCUT2D eigenvalue weighted by Crippen LogP contribution is 2.21. The van der Waals surface area contributed by atoms with Crippen molar-refractivity contribution in [1.29, 1.82) is 0 Å². The second-order valence-corrected chi connectivity index (χ2v) is 6.78. The summed E-state index contributed by atoms with van der Waals surface area (Å²) in [6.07, 6.45) is 2.57. The molecule has 3 aromatic heterocycles. The van der Waals surface area contributed by atoms with Crippen molar-refractivity contribution in [1.82, 2.24) is 19.8 Å². The fourth-order valence-corrected chi connectivity index (χ4v) is 3.25. The van der Waals surface area contributed by atoms with Crippen molar-refractivity contribution >= 4 is 29.0 Å². The Labute approximate surface area is 159 Å². The Morgan fingerprint density at radius 1 is 1.15 bits per heavy atom. The second kappa shape index (κ2) is 7.63. The van der Waals surface area contributed by atoms with E-state index in [1.165, 1.54) is 17.3 Å². The molecular weight excluding hydrogens is 362 g/mol. The van der Waals surface area contributed by atoms with Crippen LogP contribution in [0.25, 0.3) is 17.1 Å². The Morgan fingerprint density at radius 3 is 2.74 bits per heavy atom. The molecule has 7 nitrogen and oxygen atoms in total. The molecule has 1 amide bonds. The zero-order chi connectivity index (χ0) is 18.6. The van der Waals surface area contributed by atoms with Crippen molar-refractivity contribution in [2.75, 3.05) is 11.1 Å². The molecule has 3 heterocycles. The van der Waals surface area contributed by atoms with E-state index in [1.54, 1.807) is 16.8 Å². The average molecular weight is 379 g/mol. The molecule has 0 unspecified atom stereocenters. The third kappa shape index (κ3) is 3.85. The number of hydrogen-bond acceptors (Lipinski definition) is 6. The van der Waals surface area contributed by atoms with Gasteiger partial charge in [-0.25, -0.2) is 0 Å². The molecule has 0 atom stereocenters. The normalized spacial score (nSPS) is 11.0. The maximum absolute atomic E-state index is 12.2. The Kier molecular flexibility index (Phi) is 4.88. The molecule has 0 spiro atoms. The summed E-state index contributed by atoms with van der Waals surface area (Å²) in [5, 5.41) is 16.2. The van der Waals surface area contributed by atoms with Crippen LogP contribution in [-0.2, 0) is 11.2 Å². The number of nitrogens with one attached hydrogen (secondary N) is 1. The van der Waals surface area contributed by atoms with Crippen molar-refractivity contribution in [3.63, 3.8) is 0 Å². The molecule has 0 aliphatic rings. The Bertz CT molecular complexity index is 1060. The van der Waals surface area contributed by atoms with Crippen LogP contribution in [0, 0.1) is 0 Å². The summed E-state index contributed by atoms with van der Waals surface area (Å²) in [6, 6.07) is 15.1. The first-order valence-electron chi connectivity index (χ1n) is 8.51. The van der Waals surface area contributed by atoms with Gasteiger partial charge < -0.3 is 9.73 Å². The van der Waals surface area contributed by atoms with Gasteiger partial charge in [-0.3, -0.25) is 4.79 Å². The maximum Gasteiger partial charge on any atom is 0.234 e. The van der Waals surface area contributed by atoms with Crippen LogP contribution in [0.2, 0.25) is 0 Å². The van der Waals surface area contributed by atoms with E-state index in [2.05, 4.69) is 27.5 Å². The van der Waals surface area contributed by atoms with Crippen LogP contribution >= 0.6 is 11.8 Å². The molecule has 0 aliphatic carbocycles. The second-order valence-electron chi connectivity index (χ2n) is 5.84. The molecule has 1 aromatic carbocycles. The first-order valence-corrected chi connectivity index (χ1v) is 9.49. The molecule has 4 rings (SSSR count). The van der Waals surface area contributed by atoms with Gasteiger partial charge in [0.15, 0.2) is 11.4 Å². The lowest BCUT2D eigenvalue weighted by atomic mass is 10.1. The minimum atomic E-state index is -0.108. The van der Waals surface area contributed by atoms with Gasteiger partial charge in [0.05, 0.1) is 12.0 Å². The largest absolute Gasteiger partial charge is 0.463 e. The van der Waals surface area contributed by atoms with Crippen molar-refractivity contribution in [3.05, 3.63) is 60.4 Å². The molecule has 0 saturated carbocycles. The number of aromatic nitrogens is 4. The fraction of sp³-hybridized carbons (Fsp3) is 0.158. The van der Waals surface area contributed by atoms with Gasteiger partial charge in [0, 0.05) is 5.69 Å². The van der Waals surface area contributed by atoms with Crippen LogP contribution in [0.1, 0.15) is 12.5 Å². The fourth-order valence-electron chi connectivity index (χ4n) is 2.57. The summed E-state index contributed by atoms with van der Waals surface area (Å²) in [4.78, 5) is 12.2. The van der Waals surface area contributed by atoms with Crippen LogP contribution in [0.15, 0.2) is 64.4 Å². The topological polar surface area (TPSA) is 85.3 Å². The van der Waals surface area contributed by atoms with E-state index in [0.717, 1.165) is 12.1 Å². The number of amides is 1. The minimum absolute atomic E-state index is 0.108. The lowest BCUT2D eigenvalue weighted by Gasteiger charge is -2.05. The van der Waals surface area contributed by atoms with Crippen LogP contribution < -0.4 is 5.32 Å². The molecular formula is C19H17N5O2S. The molecule has 0 saturated heterocycles. The summed E-state index contributed by atoms with van der Waals surface area (Å²) in [5.41, 5.74) is 3.30. The minimum Gasteiger partial charge on any atom is -0.463 e. The number of hydrogen-bond donors (Lipinski definition) is 1. The summed E-state index contributed by atoms with van der Waals surface area (Å²) in [7, 11) is 0. The highest BCUT2D eigenvalue weighted by molar-refractivity contribution is 7.99. The van der Waals surface area contributed by atoms with E-state index in [9.17, 15) is 4.79 Å². The molecule has 1 N–H and O–H groups in total. The smallest absolute Gasteiger partial charge is 0.234 e. The average Bonchev–Trinajstić information content (AvgIpc) is 3.36.